The van der Waals surface area contributed by atoms with Crippen LogP contribution in [0.3, 0.4) is 0 Å². The molecule has 0 unspecified atom stereocenters. The number of carbonyl (C=O) groups excluding carboxylic acids is 1. The standard InChI is InChI=1S/C14H12Br2N2O/c1-8-3-2-4-12(13(8)16)18-14(19)10-7-9(17)5-6-11(10)15/h2-7H,17H2,1H3,(H,18,19). The fourth-order valence-corrected chi connectivity index (χ4v) is 2.44. The Bertz CT molecular complexity index is 641. The first-order valence-electron chi connectivity index (χ1n) is 5.60. The lowest BCUT2D eigenvalue weighted by atomic mass is 10.1. The summed E-state index contributed by atoms with van der Waals surface area (Å²) in [6.45, 7) is 1.97. The average Bonchev–Trinajstić information content (AvgIpc) is 2.38. The smallest absolute Gasteiger partial charge is 0.256 e. The van der Waals surface area contributed by atoms with Crippen LogP contribution < -0.4 is 11.1 Å². The van der Waals surface area contributed by atoms with Crippen LogP contribution in [0.5, 0.6) is 0 Å². The van der Waals surface area contributed by atoms with E-state index in [0.717, 1.165) is 15.7 Å². The molecule has 2 aromatic carbocycles. The van der Waals surface area contributed by atoms with Gasteiger partial charge in [0, 0.05) is 14.6 Å². The van der Waals surface area contributed by atoms with Crippen LogP contribution in [0, 0.1) is 6.92 Å². The summed E-state index contributed by atoms with van der Waals surface area (Å²) in [7, 11) is 0. The monoisotopic (exact) mass is 382 g/mol. The van der Waals surface area contributed by atoms with Crippen LogP contribution in [0.1, 0.15) is 15.9 Å². The second kappa shape index (κ2) is 5.75. The summed E-state index contributed by atoms with van der Waals surface area (Å²) in [5, 5.41) is 2.86. The first kappa shape index (κ1) is 14.1. The maximum absolute atomic E-state index is 12.2. The number of hydrogen-bond donors (Lipinski definition) is 2. The third-order valence-electron chi connectivity index (χ3n) is 2.68. The molecule has 0 aromatic heterocycles. The molecule has 0 heterocycles. The van der Waals surface area contributed by atoms with E-state index in [9.17, 15) is 4.79 Å². The fraction of sp³-hybridized carbons (Fsp3) is 0.0714. The molecular formula is C14H12Br2N2O. The van der Waals surface area contributed by atoms with Gasteiger partial charge in [0.05, 0.1) is 11.3 Å². The quantitative estimate of drug-likeness (QED) is 0.757. The van der Waals surface area contributed by atoms with Crippen LogP contribution in [0.2, 0.25) is 0 Å². The summed E-state index contributed by atoms with van der Waals surface area (Å²) >= 11 is 6.81. The van der Waals surface area contributed by atoms with Gasteiger partial charge in [-0.1, -0.05) is 12.1 Å². The number of benzene rings is 2. The number of rotatable bonds is 2. The molecule has 1 amide bonds. The van der Waals surface area contributed by atoms with Gasteiger partial charge in [0.1, 0.15) is 0 Å². The van der Waals surface area contributed by atoms with E-state index in [2.05, 4.69) is 37.2 Å². The predicted octanol–water partition coefficient (Wildman–Crippen LogP) is 4.35. The largest absolute Gasteiger partial charge is 0.399 e. The average molecular weight is 384 g/mol. The van der Waals surface area contributed by atoms with Crippen molar-refractivity contribution >= 4 is 49.1 Å². The Kier molecular flexibility index (Phi) is 4.27. The highest BCUT2D eigenvalue weighted by molar-refractivity contribution is 9.11. The van der Waals surface area contributed by atoms with Crippen LogP contribution in [0.25, 0.3) is 0 Å². The van der Waals surface area contributed by atoms with Crippen molar-refractivity contribution in [3.63, 3.8) is 0 Å². The number of halogens is 2. The summed E-state index contributed by atoms with van der Waals surface area (Å²) in [5.74, 6) is -0.203. The van der Waals surface area contributed by atoms with Crippen molar-refractivity contribution in [1.82, 2.24) is 0 Å². The molecule has 0 fully saturated rings. The zero-order valence-corrected chi connectivity index (χ0v) is 13.4. The Labute approximate surface area is 128 Å². The number of aryl methyl sites for hydroxylation is 1. The molecule has 3 nitrogen and oxygen atoms in total. The van der Waals surface area contributed by atoms with Crippen LogP contribution in [0.15, 0.2) is 45.3 Å². The highest BCUT2D eigenvalue weighted by Crippen LogP contribution is 2.27. The van der Waals surface area contributed by atoms with Gasteiger partial charge >= 0.3 is 0 Å². The lowest BCUT2D eigenvalue weighted by molar-refractivity contribution is 0.102. The molecule has 0 aliphatic heterocycles. The number of nitrogens with one attached hydrogen (secondary N) is 1. The SMILES string of the molecule is Cc1cccc(NC(=O)c2cc(N)ccc2Br)c1Br. The molecule has 2 aromatic rings. The normalized spacial score (nSPS) is 10.3. The molecule has 0 spiro atoms. The Hall–Kier alpha value is -1.33. The number of amides is 1. The van der Waals surface area contributed by atoms with Crippen LogP contribution in [0.4, 0.5) is 11.4 Å². The van der Waals surface area contributed by atoms with Gasteiger partial charge in [0.25, 0.3) is 5.91 Å². The minimum absolute atomic E-state index is 0.203. The molecule has 98 valence electrons. The number of anilines is 2. The second-order valence-electron chi connectivity index (χ2n) is 4.13. The maximum Gasteiger partial charge on any atom is 0.256 e. The molecule has 0 aliphatic rings. The summed E-state index contributed by atoms with van der Waals surface area (Å²) in [6, 6.07) is 10.8. The van der Waals surface area contributed by atoms with E-state index in [-0.39, 0.29) is 5.91 Å². The van der Waals surface area contributed by atoms with E-state index in [1.807, 2.05) is 25.1 Å². The highest BCUT2D eigenvalue weighted by Gasteiger charge is 2.12. The summed E-state index contributed by atoms with van der Waals surface area (Å²) in [4.78, 5) is 12.2. The van der Waals surface area contributed by atoms with Crippen LogP contribution in [-0.2, 0) is 0 Å². The lowest BCUT2D eigenvalue weighted by Crippen LogP contribution is -2.13. The lowest BCUT2D eigenvalue weighted by Gasteiger charge is -2.10. The van der Waals surface area contributed by atoms with Crippen LogP contribution >= 0.6 is 31.9 Å². The molecule has 2 rings (SSSR count). The first-order chi connectivity index (χ1) is 8.99. The van der Waals surface area contributed by atoms with Gasteiger partial charge in [-0.25, -0.2) is 0 Å². The van der Waals surface area contributed by atoms with Crippen molar-refractivity contribution in [3.8, 4) is 0 Å². The third-order valence-corrected chi connectivity index (χ3v) is 4.42. The van der Waals surface area contributed by atoms with Crippen molar-refractivity contribution in [3.05, 3.63) is 56.5 Å². The van der Waals surface area contributed by atoms with Gasteiger partial charge in [0.15, 0.2) is 0 Å². The van der Waals surface area contributed by atoms with Gasteiger partial charge in [0.2, 0.25) is 0 Å². The van der Waals surface area contributed by atoms with E-state index >= 15 is 0 Å². The second-order valence-corrected chi connectivity index (χ2v) is 5.78. The summed E-state index contributed by atoms with van der Waals surface area (Å²) in [5.41, 5.74) is 8.56. The molecule has 0 saturated heterocycles. The molecule has 0 atom stereocenters. The first-order valence-corrected chi connectivity index (χ1v) is 7.19. The predicted molar refractivity (Wildman–Crippen MR) is 85.4 cm³/mol. The third kappa shape index (κ3) is 3.16. The highest BCUT2D eigenvalue weighted by atomic mass is 79.9. The van der Waals surface area contributed by atoms with Crippen molar-refractivity contribution in [2.75, 3.05) is 11.1 Å². The van der Waals surface area contributed by atoms with E-state index in [4.69, 9.17) is 5.73 Å². The summed E-state index contributed by atoms with van der Waals surface area (Å²) in [6.07, 6.45) is 0. The van der Waals surface area contributed by atoms with E-state index in [0.29, 0.717) is 15.7 Å². The zero-order valence-electron chi connectivity index (χ0n) is 10.2. The molecular weight excluding hydrogens is 372 g/mol. The number of nitrogen functional groups attached to an aromatic ring is 1. The van der Waals surface area contributed by atoms with Gasteiger partial charge in [-0.2, -0.15) is 0 Å². The van der Waals surface area contributed by atoms with E-state index < -0.39 is 0 Å². The fourth-order valence-electron chi connectivity index (χ4n) is 1.65. The van der Waals surface area contributed by atoms with Crippen LogP contribution in [-0.4, -0.2) is 5.91 Å². The van der Waals surface area contributed by atoms with Gasteiger partial charge < -0.3 is 11.1 Å². The van der Waals surface area contributed by atoms with Crippen molar-refractivity contribution in [1.29, 1.82) is 0 Å². The minimum Gasteiger partial charge on any atom is -0.399 e. The number of carbonyl (C=O) groups is 1. The van der Waals surface area contributed by atoms with E-state index in [1.54, 1.807) is 18.2 Å². The molecule has 3 N–H and O–H groups in total. The molecule has 0 radical (unpaired) electrons. The Morgan fingerprint density at radius 2 is 1.95 bits per heavy atom. The van der Waals surface area contributed by atoms with E-state index in [1.165, 1.54) is 0 Å². The van der Waals surface area contributed by atoms with Crippen molar-refractivity contribution in [2.24, 2.45) is 0 Å². The van der Waals surface area contributed by atoms with Gasteiger partial charge in [-0.05, 0) is 68.6 Å². The Morgan fingerprint density at radius 1 is 1.21 bits per heavy atom. The summed E-state index contributed by atoms with van der Waals surface area (Å²) < 4.78 is 1.59. The number of nitrogens with two attached hydrogens (primary N) is 1. The topological polar surface area (TPSA) is 55.1 Å². The Morgan fingerprint density at radius 3 is 2.68 bits per heavy atom. The Balaban J connectivity index is 2.31. The number of hydrogen-bond acceptors (Lipinski definition) is 2. The molecule has 0 saturated carbocycles. The van der Waals surface area contributed by atoms with Gasteiger partial charge in [-0.15, -0.1) is 0 Å². The molecule has 0 bridgehead atoms. The van der Waals surface area contributed by atoms with Gasteiger partial charge in [-0.3, -0.25) is 4.79 Å². The zero-order chi connectivity index (χ0) is 14.0. The molecule has 5 heteroatoms. The minimum atomic E-state index is -0.203. The molecule has 0 aliphatic carbocycles. The van der Waals surface area contributed by atoms with Crippen molar-refractivity contribution in [2.45, 2.75) is 6.92 Å². The van der Waals surface area contributed by atoms with Crippen molar-refractivity contribution < 1.29 is 4.79 Å². The maximum atomic E-state index is 12.2. The molecule has 19 heavy (non-hydrogen) atoms.